The average molecular weight is 523 g/mol. The number of rotatable bonds is 8. The molecule has 0 spiro atoms. The number of nitrogen functional groups attached to an aromatic ring is 1. The summed E-state index contributed by atoms with van der Waals surface area (Å²) in [7, 11) is 0. The molecule has 0 aliphatic carbocycles. The number of piperidine rings is 1. The minimum atomic E-state index is -0.700. The molecule has 10 nitrogen and oxygen atoms in total. The zero-order chi connectivity index (χ0) is 27.4. The van der Waals surface area contributed by atoms with Crippen LogP contribution >= 0.6 is 0 Å². The van der Waals surface area contributed by atoms with Crippen LogP contribution < -0.4 is 5.73 Å². The topological polar surface area (TPSA) is 147 Å². The van der Waals surface area contributed by atoms with Gasteiger partial charge in [-0.05, 0) is 68.8 Å². The highest BCUT2D eigenvalue weighted by Gasteiger charge is 2.29. The van der Waals surface area contributed by atoms with Crippen molar-refractivity contribution >= 4 is 11.8 Å². The summed E-state index contributed by atoms with van der Waals surface area (Å²) in [5.41, 5.74) is 11.4. The van der Waals surface area contributed by atoms with Gasteiger partial charge in [0, 0.05) is 11.1 Å². The lowest BCUT2D eigenvalue weighted by Crippen LogP contribution is -2.39. The summed E-state index contributed by atoms with van der Waals surface area (Å²) >= 11 is 0. The van der Waals surface area contributed by atoms with Gasteiger partial charge in [0.2, 0.25) is 0 Å². The van der Waals surface area contributed by atoms with Gasteiger partial charge in [0.1, 0.15) is 11.5 Å². The van der Waals surface area contributed by atoms with E-state index >= 15 is 0 Å². The van der Waals surface area contributed by atoms with Crippen molar-refractivity contribution in [3.8, 4) is 28.6 Å². The average Bonchev–Trinajstić information content (AvgIpc) is 3.42. The van der Waals surface area contributed by atoms with E-state index in [2.05, 4.69) is 33.2 Å². The van der Waals surface area contributed by atoms with Gasteiger partial charge in [-0.1, -0.05) is 30.3 Å². The predicted molar refractivity (Wildman–Crippen MR) is 146 cm³/mol. The molecule has 39 heavy (non-hydrogen) atoms. The third-order valence-electron chi connectivity index (χ3n) is 7.17. The molecular weight excluding hydrogens is 492 g/mol. The number of nitrogens with zero attached hydrogens (tertiary/aromatic N) is 7. The zero-order valence-electron chi connectivity index (χ0n) is 21.7. The van der Waals surface area contributed by atoms with E-state index in [1.54, 1.807) is 22.9 Å². The molecule has 0 saturated carbocycles. The maximum absolute atomic E-state index is 11.3. The molecule has 10 heteroatoms. The molecule has 3 N–H and O–H groups in total. The summed E-state index contributed by atoms with van der Waals surface area (Å²) < 4.78 is 1.74. The van der Waals surface area contributed by atoms with Crippen molar-refractivity contribution in [3.05, 3.63) is 77.7 Å². The normalized spacial score (nSPS) is 15.1. The van der Waals surface area contributed by atoms with Crippen LogP contribution in [0.1, 0.15) is 49.2 Å². The minimum absolute atomic E-state index is 0.142. The molecule has 1 fully saturated rings. The van der Waals surface area contributed by atoms with Crippen LogP contribution in [0.4, 0.5) is 5.82 Å². The molecule has 0 radical (unpaired) electrons. The summed E-state index contributed by atoms with van der Waals surface area (Å²) in [5, 5.41) is 27.2. The number of likely N-dealkylation sites (tertiary alicyclic amines) is 1. The van der Waals surface area contributed by atoms with Crippen LogP contribution in [0, 0.1) is 17.2 Å². The summed E-state index contributed by atoms with van der Waals surface area (Å²) in [6, 6.07) is 19.2. The number of pyridine rings is 2. The fraction of sp³-hybridized carbons (Fsp3) is 0.310. The Balaban J connectivity index is 1.32. The number of aromatic nitrogens is 5. The molecule has 1 aromatic carbocycles. The zero-order valence-corrected chi connectivity index (χ0v) is 21.7. The molecule has 5 rings (SSSR count). The third kappa shape index (κ3) is 5.94. The molecule has 0 bridgehead atoms. The lowest BCUT2D eigenvalue weighted by atomic mass is 9.94. The maximum Gasteiger partial charge on any atom is 0.306 e. The van der Waals surface area contributed by atoms with Crippen molar-refractivity contribution < 1.29 is 9.90 Å². The van der Waals surface area contributed by atoms with Gasteiger partial charge in [-0.25, -0.2) is 9.67 Å². The van der Waals surface area contributed by atoms with Gasteiger partial charge in [0.15, 0.2) is 0 Å². The van der Waals surface area contributed by atoms with Crippen LogP contribution in [-0.2, 0) is 11.3 Å². The molecule has 3 aromatic heterocycles. The highest BCUT2D eigenvalue weighted by molar-refractivity contribution is 5.72. The molecule has 1 aliphatic rings. The van der Waals surface area contributed by atoms with Crippen LogP contribution in [0.5, 0.6) is 0 Å². The Morgan fingerprint density at radius 3 is 2.64 bits per heavy atom. The summed E-state index contributed by atoms with van der Waals surface area (Å²) in [6.07, 6.45) is 4.08. The second kappa shape index (κ2) is 11.4. The number of benzene rings is 1. The Bertz CT molecular complexity index is 1520. The second-order valence-corrected chi connectivity index (χ2v) is 9.79. The van der Waals surface area contributed by atoms with E-state index in [0.29, 0.717) is 42.2 Å². The van der Waals surface area contributed by atoms with Gasteiger partial charge in [-0.2, -0.15) is 5.26 Å². The smallest absolute Gasteiger partial charge is 0.306 e. The van der Waals surface area contributed by atoms with Gasteiger partial charge in [-0.15, -0.1) is 5.10 Å². The van der Waals surface area contributed by atoms with Crippen molar-refractivity contribution in [1.82, 2.24) is 29.9 Å². The second-order valence-electron chi connectivity index (χ2n) is 9.79. The Labute approximate surface area is 226 Å². The number of aliphatic carboxylic acids is 1. The van der Waals surface area contributed by atoms with Crippen LogP contribution in [-0.4, -0.2) is 54.0 Å². The first kappa shape index (κ1) is 26.0. The fourth-order valence-corrected chi connectivity index (χ4v) is 5.15. The van der Waals surface area contributed by atoms with Gasteiger partial charge in [0.25, 0.3) is 0 Å². The first-order chi connectivity index (χ1) is 18.9. The van der Waals surface area contributed by atoms with Crippen molar-refractivity contribution in [1.29, 1.82) is 5.26 Å². The van der Waals surface area contributed by atoms with Crippen molar-refractivity contribution in [2.24, 2.45) is 5.92 Å². The highest BCUT2D eigenvalue weighted by Crippen LogP contribution is 2.29. The fourth-order valence-electron chi connectivity index (χ4n) is 5.15. The predicted octanol–water partition coefficient (Wildman–Crippen LogP) is 4.15. The molecule has 1 atom stereocenters. The number of nitriles is 1. The highest BCUT2D eigenvalue weighted by atomic mass is 16.4. The maximum atomic E-state index is 11.3. The van der Waals surface area contributed by atoms with Crippen LogP contribution in [0.25, 0.3) is 22.5 Å². The standard InChI is InChI=1S/C29H30N8O2/c1-2-27(36-11-9-20(10-12-36)29(38)39)24-8-4-7-23(32-24)17-37-18-26(34-35-37)22-14-25(33-28(31)15-22)21-6-3-5-19(13-21)16-30/h3-8,13-15,18,20,27H,2,9-12,17H2,1H3,(H2,31,33)(H,38,39). The van der Waals surface area contributed by atoms with E-state index in [1.165, 1.54) is 0 Å². The van der Waals surface area contributed by atoms with Gasteiger partial charge in [0.05, 0.1) is 53.4 Å². The Hall–Kier alpha value is -4.62. The first-order valence-corrected chi connectivity index (χ1v) is 13.0. The first-order valence-electron chi connectivity index (χ1n) is 13.0. The van der Waals surface area contributed by atoms with Crippen molar-refractivity contribution in [2.45, 2.75) is 38.8 Å². The number of hydrogen-bond donors (Lipinski definition) is 2. The number of nitrogens with two attached hydrogens (primary N) is 1. The Kier molecular flexibility index (Phi) is 7.61. The van der Waals surface area contributed by atoms with Crippen molar-refractivity contribution in [2.75, 3.05) is 18.8 Å². The summed E-state index contributed by atoms with van der Waals surface area (Å²) in [6.45, 7) is 4.10. The Morgan fingerprint density at radius 1 is 1.10 bits per heavy atom. The van der Waals surface area contributed by atoms with Crippen LogP contribution in [0.15, 0.2) is 60.8 Å². The largest absolute Gasteiger partial charge is 0.481 e. The van der Waals surface area contributed by atoms with E-state index in [9.17, 15) is 15.2 Å². The molecule has 1 aliphatic heterocycles. The molecule has 1 saturated heterocycles. The third-order valence-corrected chi connectivity index (χ3v) is 7.17. The summed E-state index contributed by atoms with van der Waals surface area (Å²) in [4.78, 5) is 23.1. The molecule has 1 unspecified atom stereocenters. The number of hydrogen-bond acceptors (Lipinski definition) is 8. The number of carbonyl (C=O) groups is 1. The molecule has 198 valence electrons. The van der Waals surface area contributed by atoms with Crippen molar-refractivity contribution in [3.63, 3.8) is 0 Å². The van der Waals surface area contributed by atoms with E-state index in [0.717, 1.165) is 42.0 Å². The number of anilines is 1. The molecule has 0 amide bonds. The molecular formula is C29H30N8O2. The number of carboxylic acid groups (broad SMARTS) is 1. The molecule has 4 heterocycles. The SMILES string of the molecule is CCC(c1cccc(Cn2cc(-c3cc(N)nc(-c4cccc(C#N)c4)c3)nn2)n1)N1CCC(C(=O)O)CC1. The quantitative estimate of drug-likeness (QED) is 0.348. The Morgan fingerprint density at radius 2 is 1.90 bits per heavy atom. The lowest BCUT2D eigenvalue weighted by Gasteiger charge is -2.36. The lowest BCUT2D eigenvalue weighted by molar-refractivity contribution is -0.143. The van der Waals surface area contributed by atoms with Gasteiger partial charge < -0.3 is 10.8 Å². The van der Waals surface area contributed by atoms with E-state index in [4.69, 9.17) is 10.7 Å². The minimum Gasteiger partial charge on any atom is -0.481 e. The monoisotopic (exact) mass is 522 g/mol. The summed E-state index contributed by atoms with van der Waals surface area (Å²) in [5.74, 6) is -0.602. The van der Waals surface area contributed by atoms with Gasteiger partial charge in [-0.3, -0.25) is 14.7 Å². The van der Waals surface area contributed by atoms with E-state index in [1.807, 2.05) is 42.6 Å². The number of carboxylic acids is 1. The van der Waals surface area contributed by atoms with E-state index in [-0.39, 0.29) is 12.0 Å². The van der Waals surface area contributed by atoms with Gasteiger partial charge >= 0.3 is 5.97 Å². The van der Waals surface area contributed by atoms with E-state index < -0.39 is 5.97 Å². The molecule has 4 aromatic rings. The van der Waals surface area contributed by atoms with Crippen LogP contribution in [0.3, 0.4) is 0 Å². The van der Waals surface area contributed by atoms with Crippen LogP contribution in [0.2, 0.25) is 0 Å².